The Morgan fingerprint density at radius 1 is 1.19 bits per heavy atom. The molecule has 2 aromatic rings. The molecule has 10 nitrogen and oxygen atoms in total. The molecule has 0 spiro atoms. The summed E-state index contributed by atoms with van der Waals surface area (Å²) in [4.78, 5) is 41.3. The highest BCUT2D eigenvalue weighted by Crippen LogP contribution is 2.42. The third-order valence-electron chi connectivity index (χ3n) is 6.29. The zero-order valence-corrected chi connectivity index (χ0v) is 21.8. The van der Waals surface area contributed by atoms with Crippen LogP contribution < -0.4 is 20.1 Å². The monoisotopic (exact) mass is 500 g/mol. The maximum atomic E-state index is 13.7. The molecule has 1 aliphatic carbocycles. The zero-order valence-electron chi connectivity index (χ0n) is 21.8. The molecule has 1 aromatic carbocycles. The van der Waals surface area contributed by atoms with Crippen LogP contribution in [-0.4, -0.2) is 53.6 Å². The van der Waals surface area contributed by atoms with Crippen LogP contribution in [0.15, 0.2) is 28.8 Å². The normalized spacial score (nSPS) is 14.1. The van der Waals surface area contributed by atoms with Gasteiger partial charge in [-0.25, -0.2) is 0 Å². The lowest BCUT2D eigenvalue weighted by Crippen LogP contribution is -2.51. The molecule has 1 fully saturated rings. The van der Waals surface area contributed by atoms with E-state index in [1.54, 1.807) is 36.1 Å². The van der Waals surface area contributed by atoms with Gasteiger partial charge in [-0.15, -0.1) is 0 Å². The average molecular weight is 501 g/mol. The van der Waals surface area contributed by atoms with Crippen LogP contribution in [0.4, 0.5) is 5.82 Å². The molecule has 2 N–H and O–H groups in total. The van der Waals surface area contributed by atoms with Crippen molar-refractivity contribution in [1.82, 2.24) is 15.4 Å². The Bertz CT molecular complexity index is 1090. The third kappa shape index (κ3) is 6.56. The molecule has 1 heterocycles. The van der Waals surface area contributed by atoms with E-state index in [1.165, 1.54) is 14.2 Å². The lowest BCUT2D eigenvalue weighted by atomic mass is 9.97. The summed E-state index contributed by atoms with van der Waals surface area (Å²) in [6.45, 7) is 7.58. The third-order valence-corrected chi connectivity index (χ3v) is 6.29. The maximum absolute atomic E-state index is 13.7. The molecule has 1 saturated carbocycles. The number of hydrogen-bond acceptors (Lipinski definition) is 7. The van der Waals surface area contributed by atoms with E-state index >= 15 is 0 Å². The lowest BCUT2D eigenvalue weighted by Gasteiger charge is -2.35. The highest BCUT2D eigenvalue weighted by molar-refractivity contribution is 5.94. The van der Waals surface area contributed by atoms with Crippen molar-refractivity contribution >= 4 is 23.5 Å². The van der Waals surface area contributed by atoms with E-state index in [0.717, 1.165) is 12.8 Å². The van der Waals surface area contributed by atoms with Crippen LogP contribution in [0.5, 0.6) is 11.5 Å². The van der Waals surface area contributed by atoms with Gasteiger partial charge < -0.3 is 29.5 Å². The molecule has 0 unspecified atom stereocenters. The Kier molecular flexibility index (Phi) is 8.60. The number of methoxy groups -OCH3 is 2. The zero-order chi connectivity index (χ0) is 26.5. The number of para-hydroxylation sites is 1. The van der Waals surface area contributed by atoms with Gasteiger partial charge in [0.25, 0.3) is 0 Å². The van der Waals surface area contributed by atoms with Gasteiger partial charge in [-0.2, -0.15) is 0 Å². The molecule has 1 atom stereocenters. The van der Waals surface area contributed by atoms with Crippen molar-refractivity contribution in [3.8, 4) is 11.5 Å². The Balaban J connectivity index is 1.89. The van der Waals surface area contributed by atoms with Gasteiger partial charge in [0.2, 0.25) is 17.7 Å². The minimum atomic E-state index is -0.942. The first-order valence-corrected chi connectivity index (χ1v) is 12.2. The van der Waals surface area contributed by atoms with E-state index in [2.05, 4.69) is 15.8 Å². The van der Waals surface area contributed by atoms with Crippen LogP contribution in [0.1, 0.15) is 70.2 Å². The van der Waals surface area contributed by atoms with Gasteiger partial charge in [0.15, 0.2) is 17.3 Å². The summed E-state index contributed by atoms with van der Waals surface area (Å²) >= 11 is 0. The molecule has 0 radical (unpaired) electrons. The number of amides is 3. The van der Waals surface area contributed by atoms with Crippen molar-refractivity contribution in [3.05, 3.63) is 35.6 Å². The van der Waals surface area contributed by atoms with Crippen LogP contribution >= 0.6 is 0 Å². The van der Waals surface area contributed by atoms with Gasteiger partial charge in [0.1, 0.15) is 11.8 Å². The summed E-state index contributed by atoms with van der Waals surface area (Å²) < 4.78 is 16.0. The van der Waals surface area contributed by atoms with Crippen LogP contribution in [-0.2, 0) is 14.4 Å². The van der Waals surface area contributed by atoms with Crippen molar-refractivity contribution < 1.29 is 28.4 Å². The van der Waals surface area contributed by atoms with E-state index in [-0.39, 0.29) is 36.6 Å². The molecule has 0 saturated heterocycles. The first-order chi connectivity index (χ1) is 17.1. The number of aryl methyl sites for hydroxylation is 1. The van der Waals surface area contributed by atoms with Gasteiger partial charge in [-0.1, -0.05) is 24.2 Å². The summed E-state index contributed by atoms with van der Waals surface area (Å²) in [5.74, 6) is 0.764. The van der Waals surface area contributed by atoms with Gasteiger partial charge in [-0.05, 0) is 46.1 Å². The van der Waals surface area contributed by atoms with E-state index in [9.17, 15) is 14.4 Å². The molecule has 0 aliphatic heterocycles. The van der Waals surface area contributed by atoms with Crippen molar-refractivity contribution in [2.45, 2.75) is 77.4 Å². The fraction of sp³-hybridized carbons (Fsp3) is 0.538. The van der Waals surface area contributed by atoms with Crippen LogP contribution in [0.25, 0.3) is 0 Å². The second-order valence-electron chi connectivity index (χ2n) is 9.62. The minimum Gasteiger partial charge on any atom is -0.493 e. The standard InChI is InChI=1S/C26H36N4O6/c1-7-26(3,4)28-25(33)23(18-9-8-10-19(34-5)24(18)35-6)30(17-11-12-17)22(32)14-13-21(31)27-20-15-16(2)36-29-20/h8-10,15,17,23H,7,11-14H2,1-6H3,(H,28,33)(H,27,29,31)/t23-/m1/s1. The van der Waals surface area contributed by atoms with Crippen molar-refractivity contribution in [2.24, 2.45) is 0 Å². The highest BCUT2D eigenvalue weighted by atomic mass is 16.5. The molecule has 1 aromatic heterocycles. The molecule has 10 heteroatoms. The number of carbonyl (C=O) groups excluding carboxylic acids is 3. The van der Waals surface area contributed by atoms with Gasteiger partial charge in [0, 0.05) is 36.1 Å². The first-order valence-electron chi connectivity index (χ1n) is 12.2. The Morgan fingerprint density at radius 3 is 2.47 bits per heavy atom. The minimum absolute atomic E-state index is 0.0575. The number of nitrogens with zero attached hydrogens (tertiary/aromatic N) is 2. The second kappa shape index (κ2) is 11.5. The average Bonchev–Trinajstić information content (AvgIpc) is 3.60. The van der Waals surface area contributed by atoms with Crippen LogP contribution in [0, 0.1) is 6.92 Å². The van der Waals surface area contributed by atoms with Crippen LogP contribution in [0.2, 0.25) is 0 Å². The number of carbonyl (C=O) groups is 3. The number of aromatic nitrogens is 1. The molecular weight excluding hydrogens is 464 g/mol. The highest BCUT2D eigenvalue weighted by Gasteiger charge is 2.43. The molecule has 3 amide bonds. The Labute approximate surface area is 211 Å². The van der Waals surface area contributed by atoms with E-state index in [1.807, 2.05) is 20.8 Å². The number of ether oxygens (including phenoxy) is 2. The van der Waals surface area contributed by atoms with Gasteiger partial charge in [-0.3, -0.25) is 14.4 Å². The fourth-order valence-electron chi connectivity index (χ4n) is 3.93. The summed E-state index contributed by atoms with van der Waals surface area (Å²) in [6, 6.07) is 5.84. The summed E-state index contributed by atoms with van der Waals surface area (Å²) in [6.07, 6.45) is 2.15. The fourth-order valence-corrected chi connectivity index (χ4v) is 3.93. The number of rotatable bonds is 12. The summed E-state index contributed by atoms with van der Waals surface area (Å²) in [5, 5.41) is 9.46. The molecular formula is C26H36N4O6. The smallest absolute Gasteiger partial charge is 0.248 e. The van der Waals surface area contributed by atoms with E-state index < -0.39 is 11.6 Å². The predicted octanol–water partition coefficient (Wildman–Crippen LogP) is 3.76. The number of nitrogens with one attached hydrogen (secondary N) is 2. The number of anilines is 1. The van der Waals surface area contributed by atoms with E-state index in [4.69, 9.17) is 14.0 Å². The first kappa shape index (κ1) is 27.0. The largest absolute Gasteiger partial charge is 0.493 e. The van der Waals surface area contributed by atoms with E-state index in [0.29, 0.717) is 35.1 Å². The number of benzene rings is 1. The molecule has 0 bridgehead atoms. The van der Waals surface area contributed by atoms with Crippen molar-refractivity contribution in [2.75, 3.05) is 19.5 Å². The molecule has 36 heavy (non-hydrogen) atoms. The molecule has 1 aliphatic rings. The van der Waals surface area contributed by atoms with Crippen molar-refractivity contribution in [3.63, 3.8) is 0 Å². The van der Waals surface area contributed by atoms with Crippen LogP contribution in [0.3, 0.4) is 0 Å². The predicted molar refractivity (Wildman–Crippen MR) is 134 cm³/mol. The summed E-state index contributed by atoms with van der Waals surface area (Å²) in [5.41, 5.74) is 0.0546. The van der Waals surface area contributed by atoms with Gasteiger partial charge >= 0.3 is 0 Å². The second-order valence-corrected chi connectivity index (χ2v) is 9.62. The SMILES string of the molecule is CCC(C)(C)NC(=O)[C@@H](c1cccc(OC)c1OC)N(C(=O)CCC(=O)Nc1cc(C)on1)C1CC1. The summed E-state index contributed by atoms with van der Waals surface area (Å²) in [7, 11) is 3.03. The lowest BCUT2D eigenvalue weighted by molar-refractivity contribution is -0.143. The topological polar surface area (TPSA) is 123 Å². The molecule has 196 valence electrons. The Hall–Kier alpha value is -3.56. The molecule has 3 rings (SSSR count). The van der Waals surface area contributed by atoms with Crippen molar-refractivity contribution in [1.29, 1.82) is 0 Å². The quantitative estimate of drug-likeness (QED) is 0.455. The number of hydrogen-bond donors (Lipinski definition) is 2. The van der Waals surface area contributed by atoms with Gasteiger partial charge in [0.05, 0.1) is 14.2 Å². The maximum Gasteiger partial charge on any atom is 0.248 e. The Morgan fingerprint density at radius 2 is 1.92 bits per heavy atom.